The Balaban J connectivity index is 0.000000559. The molecule has 2 aliphatic rings. The molecule has 2 amide bonds. The number of thiophene rings is 1. The van der Waals surface area contributed by atoms with E-state index in [4.69, 9.17) is 15.6 Å². The number of aliphatic carboxylic acids is 1. The van der Waals surface area contributed by atoms with Gasteiger partial charge in [0.25, 0.3) is 0 Å². The van der Waals surface area contributed by atoms with Gasteiger partial charge in [0.15, 0.2) is 0 Å². The lowest BCUT2D eigenvalue weighted by Crippen LogP contribution is -2.63. The quantitative estimate of drug-likeness (QED) is 0.385. The summed E-state index contributed by atoms with van der Waals surface area (Å²) >= 11 is 1.49. The van der Waals surface area contributed by atoms with Gasteiger partial charge in [0.2, 0.25) is 11.8 Å². The molecule has 0 saturated carbocycles. The molecule has 5 N–H and O–H groups in total. The Hall–Kier alpha value is -3.65. The van der Waals surface area contributed by atoms with Crippen LogP contribution in [0.1, 0.15) is 47.3 Å². The van der Waals surface area contributed by atoms with E-state index < -0.39 is 23.7 Å². The third-order valence-corrected chi connectivity index (χ3v) is 7.92. The highest BCUT2D eigenvalue weighted by molar-refractivity contribution is 7.10. The molecule has 0 aliphatic carbocycles. The molecule has 14 heteroatoms. The number of nitrogens with zero attached hydrogens (tertiary/aromatic N) is 2. The van der Waals surface area contributed by atoms with Gasteiger partial charge < -0.3 is 26.2 Å². The molecule has 2 aromatic rings. The molecule has 2 fully saturated rings. The predicted molar refractivity (Wildman–Crippen MR) is 143 cm³/mol. The van der Waals surface area contributed by atoms with Crippen LogP contribution in [0.25, 0.3) is 0 Å². The van der Waals surface area contributed by atoms with E-state index in [9.17, 15) is 32.7 Å². The number of piperidine rings is 2. The van der Waals surface area contributed by atoms with Crippen molar-refractivity contribution < 1.29 is 42.6 Å². The van der Waals surface area contributed by atoms with Gasteiger partial charge in [-0.1, -0.05) is 12.5 Å². The van der Waals surface area contributed by atoms with Gasteiger partial charge in [0, 0.05) is 23.7 Å². The van der Waals surface area contributed by atoms with Crippen molar-refractivity contribution in [2.24, 2.45) is 5.73 Å². The Labute approximate surface area is 232 Å². The van der Waals surface area contributed by atoms with Crippen LogP contribution in [0.15, 0.2) is 35.7 Å². The lowest BCUT2D eigenvalue weighted by atomic mass is 9.83. The number of benzene rings is 1. The molecule has 218 valence electrons. The van der Waals surface area contributed by atoms with Gasteiger partial charge in [-0.05, 0) is 68.4 Å². The lowest BCUT2D eigenvalue weighted by molar-refractivity contribution is -0.192. The van der Waals surface area contributed by atoms with Gasteiger partial charge in [-0.15, -0.1) is 11.3 Å². The number of rotatable bonds is 7. The highest BCUT2D eigenvalue weighted by Crippen LogP contribution is 2.34. The fourth-order valence-corrected chi connectivity index (χ4v) is 5.66. The predicted octanol–water partition coefficient (Wildman–Crippen LogP) is 3.57. The summed E-state index contributed by atoms with van der Waals surface area (Å²) < 4.78 is 31.7. The largest absolute Gasteiger partial charge is 0.490 e. The van der Waals surface area contributed by atoms with Crippen LogP contribution in [-0.2, 0) is 20.8 Å². The van der Waals surface area contributed by atoms with E-state index in [1.807, 2.05) is 23.6 Å². The van der Waals surface area contributed by atoms with Crippen molar-refractivity contribution in [1.29, 1.82) is 0 Å². The molecule has 1 aromatic heterocycles. The minimum Gasteiger partial charge on any atom is -0.478 e. The molecule has 1 aromatic carbocycles. The number of hydrogen-bond acceptors (Lipinski definition) is 7. The molecular formula is C26H31F3N4O6S. The first-order valence-electron chi connectivity index (χ1n) is 12.6. The number of carbonyl (C=O) groups is 4. The number of carboxylic acid groups (broad SMARTS) is 2. The zero-order valence-electron chi connectivity index (χ0n) is 21.6. The zero-order valence-corrected chi connectivity index (χ0v) is 22.4. The molecule has 0 atom stereocenters. The van der Waals surface area contributed by atoms with Crippen LogP contribution >= 0.6 is 11.3 Å². The van der Waals surface area contributed by atoms with Crippen LogP contribution < -0.4 is 16.0 Å². The van der Waals surface area contributed by atoms with Crippen molar-refractivity contribution >= 4 is 46.5 Å². The maximum Gasteiger partial charge on any atom is 0.490 e. The normalized spacial score (nSPS) is 17.3. The molecular weight excluding hydrogens is 553 g/mol. The Morgan fingerprint density at radius 3 is 2.12 bits per heavy atom. The number of carboxylic acids is 2. The molecule has 10 nitrogen and oxygen atoms in total. The maximum absolute atomic E-state index is 12.5. The number of likely N-dealkylation sites (tertiary alicyclic amines) is 1. The summed E-state index contributed by atoms with van der Waals surface area (Å²) in [4.78, 5) is 50.9. The van der Waals surface area contributed by atoms with E-state index >= 15 is 0 Å². The number of carbonyl (C=O) groups excluding carboxylic acids is 2. The topological polar surface area (TPSA) is 153 Å². The van der Waals surface area contributed by atoms with Crippen molar-refractivity contribution in [3.05, 3.63) is 46.2 Å². The molecule has 0 unspecified atom stereocenters. The molecule has 4 rings (SSSR count). The highest BCUT2D eigenvalue weighted by Gasteiger charge is 2.45. The summed E-state index contributed by atoms with van der Waals surface area (Å²) in [6.07, 6.45) is -0.295. The van der Waals surface area contributed by atoms with Crippen LogP contribution in [0.5, 0.6) is 0 Å². The van der Waals surface area contributed by atoms with Crippen molar-refractivity contribution in [3.8, 4) is 0 Å². The molecule has 2 aliphatic heterocycles. The summed E-state index contributed by atoms with van der Waals surface area (Å²) in [5, 5.41) is 21.5. The third kappa shape index (κ3) is 7.72. The summed E-state index contributed by atoms with van der Waals surface area (Å²) in [6, 6.07) is 8.82. The second-order valence-electron chi connectivity index (χ2n) is 9.57. The smallest absolute Gasteiger partial charge is 0.478 e. The number of halogens is 3. The minimum absolute atomic E-state index is 0.0507. The van der Waals surface area contributed by atoms with Gasteiger partial charge in [0.1, 0.15) is 5.54 Å². The van der Waals surface area contributed by atoms with Gasteiger partial charge in [0.05, 0.1) is 17.7 Å². The third-order valence-electron chi connectivity index (χ3n) is 7.04. The Kier molecular flexibility index (Phi) is 10.1. The van der Waals surface area contributed by atoms with Crippen molar-refractivity contribution in [1.82, 2.24) is 4.90 Å². The minimum atomic E-state index is -5.08. The summed E-state index contributed by atoms with van der Waals surface area (Å²) in [5.74, 6) is -4.37. The van der Waals surface area contributed by atoms with Crippen LogP contribution in [-0.4, -0.2) is 76.8 Å². The molecule has 0 bridgehead atoms. The molecule has 2 saturated heterocycles. The van der Waals surface area contributed by atoms with Crippen LogP contribution in [0, 0.1) is 0 Å². The van der Waals surface area contributed by atoms with Crippen LogP contribution in [0.4, 0.5) is 24.5 Å². The first-order valence-corrected chi connectivity index (χ1v) is 13.5. The summed E-state index contributed by atoms with van der Waals surface area (Å²) in [6.45, 7) is 3.02. The number of alkyl halides is 3. The van der Waals surface area contributed by atoms with E-state index in [1.54, 1.807) is 12.1 Å². The number of primary amides is 1. The van der Waals surface area contributed by atoms with Gasteiger partial charge >= 0.3 is 18.1 Å². The number of nitrogens with one attached hydrogen (secondary N) is 1. The van der Waals surface area contributed by atoms with Crippen LogP contribution in [0.3, 0.4) is 0 Å². The van der Waals surface area contributed by atoms with Gasteiger partial charge in [-0.3, -0.25) is 14.5 Å². The van der Waals surface area contributed by atoms with E-state index in [0.717, 1.165) is 36.5 Å². The lowest BCUT2D eigenvalue weighted by Gasteiger charge is -2.48. The Morgan fingerprint density at radius 1 is 1.00 bits per heavy atom. The maximum atomic E-state index is 12.5. The monoisotopic (exact) mass is 584 g/mol. The Bertz CT molecular complexity index is 1210. The number of aromatic carboxylic acids is 1. The first kappa shape index (κ1) is 30.9. The molecule has 0 radical (unpaired) electrons. The first-order chi connectivity index (χ1) is 18.8. The van der Waals surface area contributed by atoms with E-state index in [0.29, 0.717) is 25.9 Å². The number of hydrogen-bond donors (Lipinski definition) is 4. The molecule has 40 heavy (non-hydrogen) atoms. The fourth-order valence-electron chi connectivity index (χ4n) is 4.96. The number of nitrogens with two attached hydrogens (primary N) is 1. The summed E-state index contributed by atoms with van der Waals surface area (Å²) in [7, 11) is 0. The Morgan fingerprint density at radius 2 is 1.62 bits per heavy atom. The number of anilines is 2. The van der Waals surface area contributed by atoms with Gasteiger partial charge in [-0.2, -0.15) is 13.2 Å². The van der Waals surface area contributed by atoms with E-state index in [2.05, 4.69) is 15.1 Å². The zero-order chi connectivity index (χ0) is 29.5. The van der Waals surface area contributed by atoms with Crippen molar-refractivity contribution in [2.75, 3.05) is 36.4 Å². The average Bonchev–Trinajstić information content (AvgIpc) is 3.42. The standard InChI is InChI=1S/C24H30N4O4S.C2HF3O2/c25-23(32)24(28-10-2-1-3-11-28)8-12-27(13-9-24)17-6-7-20(19(15-17)22(30)31)26-21(29)16-18-5-4-14-33-18;3-2(4,5)1(6)7/h4-7,14-15H,1-3,8-13,16H2,(H2,25,32)(H,26,29)(H,30,31);(H,6,7). The average molecular weight is 585 g/mol. The van der Waals surface area contributed by atoms with E-state index in [1.165, 1.54) is 17.8 Å². The fraction of sp³-hybridized carbons (Fsp3) is 0.462. The van der Waals surface area contributed by atoms with Gasteiger partial charge in [-0.25, -0.2) is 9.59 Å². The highest BCUT2D eigenvalue weighted by atomic mass is 32.1. The second-order valence-corrected chi connectivity index (χ2v) is 10.6. The van der Waals surface area contributed by atoms with E-state index in [-0.39, 0.29) is 29.5 Å². The number of amides is 2. The van der Waals surface area contributed by atoms with Crippen LogP contribution in [0.2, 0.25) is 0 Å². The summed E-state index contributed by atoms with van der Waals surface area (Å²) in [5.41, 5.74) is 6.35. The molecule has 0 spiro atoms. The van der Waals surface area contributed by atoms with Crippen molar-refractivity contribution in [2.45, 2.75) is 50.2 Å². The molecule has 3 heterocycles. The SMILES string of the molecule is NC(=O)C1(N2CCCCC2)CCN(c2ccc(NC(=O)Cc3cccs3)c(C(=O)O)c2)CC1.O=C(O)C(F)(F)F. The second kappa shape index (κ2) is 13.1. The van der Waals surface area contributed by atoms with Crippen molar-refractivity contribution in [3.63, 3.8) is 0 Å².